The summed E-state index contributed by atoms with van der Waals surface area (Å²) < 4.78 is 23.4. The fourth-order valence-corrected chi connectivity index (χ4v) is 5.11. The van der Waals surface area contributed by atoms with Crippen LogP contribution in [0.5, 0.6) is 0 Å². The van der Waals surface area contributed by atoms with Crippen molar-refractivity contribution in [1.29, 1.82) is 0 Å². The number of sulfone groups is 1. The van der Waals surface area contributed by atoms with Gasteiger partial charge < -0.3 is 15.5 Å². The Hall–Kier alpha value is -2.58. The number of primary amides is 1. The van der Waals surface area contributed by atoms with Crippen molar-refractivity contribution in [2.45, 2.75) is 17.2 Å². The summed E-state index contributed by atoms with van der Waals surface area (Å²) in [5, 5.41) is 0.385. The van der Waals surface area contributed by atoms with E-state index >= 15 is 0 Å². The molecule has 0 saturated carbocycles. The van der Waals surface area contributed by atoms with Crippen LogP contribution < -0.4 is 5.73 Å². The average molecular weight is 462 g/mol. The van der Waals surface area contributed by atoms with Crippen molar-refractivity contribution in [3.05, 3.63) is 53.1 Å². The third kappa shape index (κ3) is 4.41. The van der Waals surface area contributed by atoms with Gasteiger partial charge in [-0.3, -0.25) is 4.79 Å². The SMILES string of the molecule is CS(=O)(=O)c1ccc(-c2ccc(C3CN(C(=O)N4CCC(C(N)=O)C4)C3)cc2)c(Cl)c1. The van der Waals surface area contributed by atoms with Crippen molar-refractivity contribution in [2.75, 3.05) is 32.4 Å². The maximum Gasteiger partial charge on any atom is 0.320 e. The van der Waals surface area contributed by atoms with E-state index in [2.05, 4.69) is 0 Å². The van der Waals surface area contributed by atoms with E-state index in [1.807, 2.05) is 24.3 Å². The minimum Gasteiger partial charge on any atom is -0.369 e. The number of urea groups is 1. The molecule has 2 heterocycles. The normalized spacial score (nSPS) is 19.4. The summed E-state index contributed by atoms with van der Waals surface area (Å²) in [7, 11) is -3.31. The van der Waals surface area contributed by atoms with Gasteiger partial charge in [0.05, 0.1) is 10.8 Å². The molecular weight excluding hydrogens is 438 g/mol. The number of nitrogens with two attached hydrogens (primary N) is 1. The quantitative estimate of drug-likeness (QED) is 0.756. The lowest BCUT2D eigenvalue weighted by molar-refractivity contribution is -0.121. The van der Waals surface area contributed by atoms with Crippen molar-refractivity contribution in [2.24, 2.45) is 11.7 Å². The van der Waals surface area contributed by atoms with E-state index < -0.39 is 9.84 Å². The summed E-state index contributed by atoms with van der Waals surface area (Å²) in [6, 6.07) is 12.7. The Morgan fingerprint density at radius 1 is 1.03 bits per heavy atom. The Labute approximate surface area is 186 Å². The molecule has 1 atom stereocenters. The number of amides is 3. The van der Waals surface area contributed by atoms with Crippen molar-refractivity contribution in [3.8, 4) is 11.1 Å². The van der Waals surface area contributed by atoms with Gasteiger partial charge >= 0.3 is 6.03 Å². The third-order valence-electron chi connectivity index (χ3n) is 6.08. The molecule has 2 aromatic rings. The number of halogens is 1. The van der Waals surface area contributed by atoms with Crippen LogP contribution in [0.2, 0.25) is 5.02 Å². The molecule has 9 heteroatoms. The molecule has 7 nitrogen and oxygen atoms in total. The second-order valence-corrected chi connectivity index (χ2v) is 10.7. The predicted molar refractivity (Wildman–Crippen MR) is 119 cm³/mol. The molecule has 0 radical (unpaired) electrons. The van der Waals surface area contributed by atoms with Crippen molar-refractivity contribution in [3.63, 3.8) is 0 Å². The van der Waals surface area contributed by atoms with Crippen LogP contribution in [-0.4, -0.2) is 62.6 Å². The van der Waals surface area contributed by atoms with Gasteiger partial charge in [0, 0.05) is 48.9 Å². The highest BCUT2D eigenvalue weighted by molar-refractivity contribution is 7.90. The number of carbonyl (C=O) groups excluding carboxylic acids is 2. The molecule has 2 saturated heterocycles. The first-order valence-electron chi connectivity index (χ1n) is 10.1. The van der Waals surface area contributed by atoms with Crippen LogP contribution in [0.1, 0.15) is 17.9 Å². The van der Waals surface area contributed by atoms with Gasteiger partial charge in [-0.05, 0) is 29.7 Å². The smallest absolute Gasteiger partial charge is 0.320 e. The lowest BCUT2D eigenvalue weighted by atomic mass is 9.90. The van der Waals surface area contributed by atoms with Gasteiger partial charge in [0.2, 0.25) is 5.91 Å². The van der Waals surface area contributed by atoms with Crippen LogP contribution in [0.4, 0.5) is 4.79 Å². The van der Waals surface area contributed by atoms with Gasteiger partial charge in [-0.25, -0.2) is 13.2 Å². The Balaban J connectivity index is 1.38. The number of hydrogen-bond donors (Lipinski definition) is 1. The van der Waals surface area contributed by atoms with Crippen LogP contribution in [0, 0.1) is 5.92 Å². The topological polar surface area (TPSA) is 101 Å². The fourth-order valence-electron chi connectivity index (χ4n) is 4.11. The van der Waals surface area contributed by atoms with E-state index in [0.717, 1.165) is 22.9 Å². The largest absolute Gasteiger partial charge is 0.369 e. The van der Waals surface area contributed by atoms with Gasteiger partial charge in [0.15, 0.2) is 9.84 Å². The standard InChI is InChI=1S/C22H24ClN3O4S/c1-31(29,30)18-6-7-19(20(23)10-18)15-4-2-14(3-5-15)17-12-26(13-17)22(28)25-9-8-16(11-25)21(24)27/h2-7,10,16-17H,8-9,11-13H2,1H3,(H2,24,27). The summed E-state index contributed by atoms with van der Waals surface area (Å²) in [5.41, 5.74) is 8.14. The number of rotatable bonds is 4. The highest BCUT2D eigenvalue weighted by Crippen LogP contribution is 2.33. The molecule has 0 aromatic heterocycles. The molecule has 0 spiro atoms. The van der Waals surface area contributed by atoms with Gasteiger partial charge in [-0.2, -0.15) is 0 Å². The maximum absolute atomic E-state index is 12.6. The minimum absolute atomic E-state index is 0.0330. The first kappa shape index (κ1) is 21.6. The summed E-state index contributed by atoms with van der Waals surface area (Å²) in [4.78, 5) is 27.6. The molecular formula is C22H24ClN3O4S. The molecule has 2 fully saturated rings. The summed E-state index contributed by atoms with van der Waals surface area (Å²) in [6.45, 7) is 2.25. The summed E-state index contributed by atoms with van der Waals surface area (Å²) >= 11 is 6.31. The molecule has 31 heavy (non-hydrogen) atoms. The summed E-state index contributed by atoms with van der Waals surface area (Å²) in [6.07, 6.45) is 1.78. The number of hydrogen-bond acceptors (Lipinski definition) is 4. The molecule has 3 amide bonds. The third-order valence-corrected chi connectivity index (χ3v) is 7.50. The van der Waals surface area contributed by atoms with Crippen molar-refractivity contribution < 1.29 is 18.0 Å². The van der Waals surface area contributed by atoms with E-state index in [4.69, 9.17) is 17.3 Å². The number of benzene rings is 2. The fraction of sp³-hybridized carbons (Fsp3) is 0.364. The summed E-state index contributed by atoms with van der Waals surface area (Å²) in [5.74, 6) is -0.328. The van der Waals surface area contributed by atoms with Crippen molar-refractivity contribution >= 4 is 33.4 Å². The molecule has 4 rings (SSSR count). The predicted octanol–water partition coefficient (Wildman–Crippen LogP) is 2.74. The van der Waals surface area contributed by atoms with Crippen LogP contribution >= 0.6 is 11.6 Å². The van der Waals surface area contributed by atoms with Crippen LogP contribution in [0.3, 0.4) is 0 Å². The Kier molecular flexibility index (Phi) is 5.70. The zero-order chi connectivity index (χ0) is 22.3. The van der Waals surface area contributed by atoms with Gasteiger partial charge in [-0.1, -0.05) is 41.9 Å². The van der Waals surface area contributed by atoms with E-state index in [9.17, 15) is 18.0 Å². The van der Waals surface area contributed by atoms with E-state index in [1.54, 1.807) is 21.9 Å². The van der Waals surface area contributed by atoms with E-state index in [1.165, 1.54) is 6.07 Å². The Bertz CT molecular complexity index is 1130. The van der Waals surface area contributed by atoms with Crippen LogP contribution in [0.25, 0.3) is 11.1 Å². The molecule has 2 N–H and O–H groups in total. The highest BCUT2D eigenvalue weighted by atomic mass is 35.5. The molecule has 2 aliphatic rings. The number of nitrogens with zero attached hydrogens (tertiary/aromatic N) is 2. The first-order chi connectivity index (χ1) is 14.6. The van der Waals surface area contributed by atoms with Crippen molar-refractivity contribution in [1.82, 2.24) is 9.80 Å². The average Bonchev–Trinajstić information content (AvgIpc) is 3.17. The molecule has 1 unspecified atom stereocenters. The van der Waals surface area contributed by atoms with E-state index in [-0.39, 0.29) is 28.7 Å². The Morgan fingerprint density at radius 2 is 1.71 bits per heavy atom. The molecule has 164 valence electrons. The lowest BCUT2D eigenvalue weighted by Gasteiger charge is -2.41. The molecule has 2 aromatic carbocycles. The van der Waals surface area contributed by atoms with Crippen LogP contribution in [0.15, 0.2) is 47.4 Å². The maximum atomic E-state index is 12.6. The molecule has 0 aliphatic carbocycles. The first-order valence-corrected chi connectivity index (χ1v) is 12.3. The molecule has 0 bridgehead atoms. The lowest BCUT2D eigenvalue weighted by Crippen LogP contribution is -2.53. The van der Waals surface area contributed by atoms with E-state index in [0.29, 0.717) is 37.6 Å². The highest BCUT2D eigenvalue weighted by Gasteiger charge is 2.37. The van der Waals surface area contributed by atoms with Gasteiger partial charge in [0.1, 0.15) is 0 Å². The second-order valence-electron chi connectivity index (χ2n) is 8.25. The Morgan fingerprint density at radius 3 is 2.26 bits per heavy atom. The van der Waals surface area contributed by atoms with Gasteiger partial charge in [0.25, 0.3) is 0 Å². The second kappa shape index (κ2) is 8.16. The number of carbonyl (C=O) groups is 2. The zero-order valence-electron chi connectivity index (χ0n) is 17.1. The van der Waals surface area contributed by atoms with Crippen LogP contribution in [-0.2, 0) is 14.6 Å². The number of likely N-dealkylation sites (tertiary alicyclic amines) is 2. The minimum atomic E-state index is -3.31. The zero-order valence-corrected chi connectivity index (χ0v) is 18.7. The van der Waals surface area contributed by atoms with Gasteiger partial charge in [-0.15, -0.1) is 0 Å². The molecule has 2 aliphatic heterocycles. The monoisotopic (exact) mass is 461 g/mol.